The van der Waals surface area contributed by atoms with E-state index in [4.69, 9.17) is 28.4 Å². The summed E-state index contributed by atoms with van der Waals surface area (Å²) in [6.07, 6.45) is -1.82. The van der Waals surface area contributed by atoms with E-state index >= 15 is 0 Å². The molecule has 0 bridgehead atoms. The van der Waals surface area contributed by atoms with Crippen LogP contribution in [0.5, 0.6) is 0 Å². The van der Waals surface area contributed by atoms with E-state index in [0.29, 0.717) is 19.8 Å². The molecule has 0 saturated heterocycles. The molecule has 3 N–H and O–H groups in total. The minimum absolute atomic E-state index is 0.133. The zero-order chi connectivity index (χ0) is 42.6. The highest BCUT2D eigenvalue weighted by Gasteiger charge is 2.29. The second-order valence-electron chi connectivity index (χ2n) is 17.3. The second kappa shape index (κ2) is 23.6. The number of carbonyl (C=O) groups is 3. The van der Waals surface area contributed by atoms with Gasteiger partial charge in [-0.2, -0.15) is 0 Å². The van der Waals surface area contributed by atoms with Crippen molar-refractivity contribution in [3.8, 4) is 0 Å². The standard InChI is InChI=1S/C45H66N4O9/c1-43(2,3)56-40(50)46-37(31-53-28-34-19-13-10-14-20-34)25-49(26-38(47-41(51)57-44(4,5)6)32-54-29-35-21-15-11-16-22-35)27-39(48-42(52)58-45(7,8)9)33-55-30-36-23-17-12-18-24-36/h10-24,37-39H,25-33H2,1-9H3,(H,46,50)(H,47,51)(H,48,52)/t37-,38-,39-/m1/s1. The zero-order valence-corrected chi connectivity index (χ0v) is 35.9. The molecular weight excluding hydrogens is 741 g/mol. The van der Waals surface area contributed by atoms with E-state index in [-0.39, 0.29) is 39.5 Å². The summed E-state index contributed by atoms with van der Waals surface area (Å²) < 4.78 is 35.5. The Bertz CT molecular complexity index is 1430. The van der Waals surface area contributed by atoms with Crippen LogP contribution in [0.1, 0.15) is 79.0 Å². The largest absolute Gasteiger partial charge is 0.444 e. The number of nitrogens with one attached hydrogen (secondary N) is 3. The average molecular weight is 807 g/mol. The number of alkyl carbamates (subject to hydrolysis) is 3. The number of hydrogen-bond donors (Lipinski definition) is 3. The quantitative estimate of drug-likeness (QED) is 0.0920. The van der Waals surface area contributed by atoms with E-state index in [2.05, 4.69) is 16.0 Å². The van der Waals surface area contributed by atoms with Crippen LogP contribution in [0, 0.1) is 0 Å². The minimum Gasteiger partial charge on any atom is -0.444 e. The molecular formula is C45H66N4O9. The van der Waals surface area contributed by atoms with Gasteiger partial charge < -0.3 is 44.4 Å². The van der Waals surface area contributed by atoms with Crippen LogP contribution >= 0.6 is 0 Å². The Hall–Kier alpha value is -4.69. The molecule has 3 rings (SSSR count). The van der Waals surface area contributed by atoms with Crippen LogP contribution in [0.2, 0.25) is 0 Å². The molecule has 3 atom stereocenters. The Labute approximate surface area is 345 Å². The van der Waals surface area contributed by atoms with Gasteiger partial charge in [-0.1, -0.05) is 91.0 Å². The van der Waals surface area contributed by atoms with Gasteiger partial charge in [-0.05, 0) is 79.0 Å². The van der Waals surface area contributed by atoms with Crippen molar-refractivity contribution in [2.45, 2.75) is 117 Å². The first-order valence-corrected chi connectivity index (χ1v) is 19.9. The Morgan fingerprint density at radius 3 is 0.914 bits per heavy atom. The van der Waals surface area contributed by atoms with Gasteiger partial charge in [0.1, 0.15) is 16.8 Å². The van der Waals surface area contributed by atoms with E-state index in [0.717, 1.165) is 16.7 Å². The van der Waals surface area contributed by atoms with Crippen molar-refractivity contribution < 1.29 is 42.8 Å². The van der Waals surface area contributed by atoms with Gasteiger partial charge in [0.2, 0.25) is 0 Å². The van der Waals surface area contributed by atoms with Gasteiger partial charge in [0.15, 0.2) is 0 Å². The summed E-state index contributed by atoms with van der Waals surface area (Å²) in [5.74, 6) is 0. The molecule has 0 spiro atoms. The Morgan fingerprint density at radius 1 is 0.448 bits per heavy atom. The molecule has 0 radical (unpaired) electrons. The highest BCUT2D eigenvalue weighted by atomic mass is 16.6. The number of rotatable bonds is 21. The molecule has 3 aromatic rings. The summed E-state index contributed by atoms with van der Waals surface area (Å²) in [5.41, 5.74) is 0.710. The molecule has 0 fully saturated rings. The van der Waals surface area contributed by atoms with Gasteiger partial charge in [-0.25, -0.2) is 14.4 Å². The predicted octanol–water partition coefficient (Wildman–Crippen LogP) is 7.62. The van der Waals surface area contributed by atoms with Gasteiger partial charge >= 0.3 is 18.3 Å². The fourth-order valence-corrected chi connectivity index (χ4v) is 5.68. The fraction of sp³-hybridized carbons (Fsp3) is 0.533. The topological polar surface area (TPSA) is 146 Å². The highest BCUT2D eigenvalue weighted by Crippen LogP contribution is 2.13. The Morgan fingerprint density at radius 2 is 0.690 bits per heavy atom. The maximum atomic E-state index is 13.2. The molecule has 0 unspecified atom stereocenters. The van der Waals surface area contributed by atoms with Crippen molar-refractivity contribution in [1.82, 2.24) is 20.9 Å². The normalized spacial score (nSPS) is 13.6. The third-order valence-corrected chi connectivity index (χ3v) is 7.89. The molecule has 13 heteroatoms. The summed E-state index contributed by atoms with van der Waals surface area (Å²) in [5, 5.41) is 8.99. The first-order valence-electron chi connectivity index (χ1n) is 19.9. The lowest BCUT2D eigenvalue weighted by molar-refractivity contribution is 0.0261. The molecule has 3 amide bonds. The number of nitrogens with zero attached hydrogens (tertiary/aromatic N) is 1. The second-order valence-corrected chi connectivity index (χ2v) is 17.3. The zero-order valence-electron chi connectivity index (χ0n) is 35.9. The van der Waals surface area contributed by atoms with Gasteiger partial charge in [-0.15, -0.1) is 0 Å². The number of amides is 3. The summed E-state index contributed by atoms with van der Waals surface area (Å²) in [7, 11) is 0. The van der Waals surface area contributed by atoms with Crippen LogP contribution in [-0.2, 0) is 48.2 Å². The van der Waals surface area contributed by atoms with Crippen LogP contribution in [0.4, 0.5) is 14.4 Å². The van der Waals surface area contributed by atoms with Crippen molar-refractivity contribution >= 4 is 18.3 Å². The fourth-order valence-electron chi connectivity index (χ4n) is 5.68. The number of benzene rings is 3. The van der Waals surface area contributed by atoms with Gasteiger partial charge in [-0.3, -0.25) is 4.90 Å². The number of ether oxygens (including phenoxy) is 6. The molecule has 58 heavy (non-hydrogen) atoms. The van der Waals surface area contributed by atoms with E-state index < -0.39 is 53.2 Å². The lowest BCUT2D eigenvalue weighted by atomic mass is 10.2. The summed E-state index contributed by atoms with van der Waals surface area (Å²) in [4.78, 5) is 41.8. The predicted molar refractivity (Wildman–Crippen MR) is 224 cm³/mol. The molecule has 0 aliphatic heterocycles. The Balaban J connectivity index is 1.95. The minimum atomic E-state index is -0.740. The first-order chi connectivity index (χ1) is 27.3. The SMILES string of the molecule is CC(C)(C)OC(=O)N[C@@H](COCc1ccccc1)CN(C[C@H](COCc1ccccc1)NC(=O)OC(C)(C)C)C[C@H](COCc1ccccc1)NC(=O)OC(C)(C)C. The van der Waals surface area contributed by atoms with Gasteiger partial charge in [0.25, 0.3) is 0 Å². The molecule has 320 valence electrons. The van der Waals surface area contributed by atoms with E-state index in [9.17, 15) is 14.4 Å². The molecule has 0 aliphatic carbocycles. The summed E-state index contributed by atoms with van der Waals surface area (Å²) in [6.45, 7) is 18.2. The molecule has 3 aromatic carbocycles. The maximum Gasteiger partial charge on any atom is 0.407 e. The van der Waals surface area contributed by atoms with E-state index in [1.165, 1.54) is 0 Å². The Kier molecular flexibility index (Phi) is 19.4. The number of carbonyl (C=O) groups excluding carboxylic acids is 3. The van der Waals surface area contributed by atoms with E-state index in [1.807, 2.05) is 95.9 Å². The van der Waals surface area contributed by atoms with Gasteiger partial charge in [0, 0.05) is 19.6 Å². The highest BCUT2D eigenvalue weighted by molar-refractivity contribution is 5.69. The smallest absolute Gasteiger partial charge is 0.407 e. The van der Waals surface area contributed by atoms with Crippen molar-refractivity contribution in [2.24, 2.45) is 0 Å². The lowest BCUT2D eigenvalue weighted by Crippen LogP contribution is -2.56. The van der Waals surface area contributed by atoms with Crippen LogP contribution in [-0.4, -0.2) is 97.6 Å². The van der Waals surface area contributed by atoms with Crippen LogP contribution < -0.4 is 16.0 Å². The van der Waals surface area contributed by atoms with Crippen LogP contribution in [0.3, 0.4) is 0 Å². The molecule has 13 nitrogen and oxygen atoms in total. The van der Waals surface area contributed by atoms with Crippen molar-refractivity contribution in [2.75, 3.05) is 39.5 Å². The summed E-state index contributed by atoms with van der Waals surface area (Å²) >= 11 is 0. The molecule has 0 saturated carbocycles. The summed E-state index contributed by atoms with van der Waals surface area (Å²) in [6, 6.07) is 27.5. The average Bonchev–Trinajstić information content (AvgIpc) is 3.10. The van der Waals surface area contributed by atoms with Gasteiger partial charge in [0.05, 0.1) is 57.8 Å². The van der Waals surface area contributed by atoms with Crippen LogP contribution in [0.25, 0.3) is 0 Å². The first kappa shape index (κ1) is 47.7. The lowest BCUT2D eigenvalue weighted by Gasteiger charge is -2.34. The van der Waals surface area contributed by atoms with Crippen molar-refractivity contribution in [3.63, 3.8) is 0 Å². The third-order valence-electron chi connectivity index (χ3n) is 7.89. The van der Waals surface area contributed by atoms with E-state index in [1.54, 1.807) is 62.3 Å². The van der Waals surface area contributed by atoms with Crippen LogP contribution in [0.15, 0.2) is 91.0 Å². The molecule has 0 aliphatic rings. The number of hydrogen-bond acceptors (Lipinski definition) is 10. The maximum absolute atomic E-state index is 13.2. The van der Waals surface area contributed by atoms with Crippen molar-refractivity contribution in [1.29, 1.82) is 0 Å². The van der Waals surface area contributed by atoms with Crippen molar-refractivity contribution in [3.05, 3.63) is 108 Å². The molecule has 0 heterocycles. The third kappa shape index (κ3) is 22.3. The monoisotopic (exact) mass is 806 g/mol. The molecule has 0 aromatic heterocycles.